The fourth-order valence-corrected chi connectivity index (χ4v) is 4.19. The van der Waals surface area contributed by atoms with Crippen LogP contribution in [0, 0.1) is 24.0 Å². The van der Waals surface area contributed by atoms with Crippen molar-refractivity contribution in [2.75, 3.05) is 4.90 Å². The van der Waals surface area contributed by atoms with Gasteiger partial charge in [0.05, 0.1) is 21.7 Å². The van der Waals surface area contributed by atoms with Crippen molar-refractivity contribution < 1.29 is 9.72 Å². The van der Waals surface area contributed by atoms with E-state index in [1.54, 1.807) is 30.6 Å². The van der Waals surface area contributed by atoms with Crippen molar-refractivity contribution in [2.45, 2.75) is 20.4 Å². The number of amides is 1. The number of nitro benzene ring substituents is 1. The summed E-state index contributed by atoms with van der Waals surface area (Å²) in [6, 6.07) is 13.6. The number of para-hydroxylation sites is 1. The Kier molecular flexibility index (Phi) is 5.24. The lowest BCUT2D eigenvalue weighted by Crippen LogP contribution is -2.31. The quantitative estimate of drug-likeness (QED) is 0.334. The number of rotatable bonds is 5. The van der Waals surface area contributed by atoms with Gasteiger partial charge >= 0.3 is 0 Å². The topological polar surface area (TPSA) is 89.2 Å². The summed E-state index contributed by atoms with van der Waals surface area (Å²) >= 11 is 1.39. The minimum absolute atomic E-state index is 0.0259. The van der Waals surface area contributed by atoms with Gasteiger partial charge in [-0.15, -0.1) is 0 Å². The van der Waals surface area contributed by atoms with Gasteiger partial charge in [-0.05, 0) is 54.8 Å². The molecular weight excluding hydrogens is 400 g/mol. The molecule has 150 valence electrons. The van der Waals surface area contributed by atoms with Gasteiger partial charge in [-0.3, -0.25) is 24.8 Å². The molecule has 2 heterocycles. The maximum absolute atomic E-state index is 13.5. The van der Waals surface area contributed by atoms with E-state index in [4.69, 9.17) is 0 Å². The Morgan fingerprint density at radius 2 is 1.90 bits per heavy atom. The number of thiazole rings is 1. The number of anilines is 1. The predicted octanol–water partition coefficient (Wildman–Crippen LogP) is 5.06. The van der Waals surface area contributed by atoms with E-state index in [-0.39, 0.29) is 17.8 Å². The normalized spacial score (nSPS) is 10.9. The second-order valence-electron chi connectivity index (χ2n) is 6.93. The summed E-state index contributed by atoms with van der Waals surface area (Å²) < 4.78 is 0.958. The molecule has 0 saturated heterocycles. The zero-order valence-corrected chi connectivity index (χ0v) is 17.2. The Hall–Kier alpha value is -3.65. The molecule has 30 heavy (non-hydrogen) atoms. The number of carbonyl (C=O) groups excluding carboxylic acids is 1. The van der Waals surface area contributed by atoms with Crippen LogP contribution in [-0.4, -0.2) is 20.8 Å². The Balaban J connectivity index is 1.83. The third kappa shape index (κ3) is 3.77. The molecule has 2 aromatic carbocycles. The SMILES string of the molecule is Cc1cc2nc(N(Cc3cccnc3)C(=O)c3ccccc3[N+](=O)[O-])sc2cc1C. The second kappa shape index (κ2) is 8.00. The van der Waals surface area contributed by atoms with Crippen molar-refractivity contribution in [1.82, 2.24) is 9.97 Å². The van der Waals surface area contributed by atoms with E-state index in [2.05, 4.69) is 9.97 Å². The van der Waals surface area contributed by atoms with Gasteiger partial charge in [0.1, 0.15) is 5.56 Å². The molecule has 0 spiro atoms. The van der Waals surface area contributed by atoms with Crippen LogP contribution in [0.4, 0.5) is 10.8 Å². The lowest BCUT2D eigenvalue weighted by Gasteiger charge is -2.20. The maximum Gasteiger partial charge on any atom is 0.282 e. The van der Waals surface area contributed by atoms with Crippen LogP contribution in [0.2, 0.25) is 0 Å². The zero-order chi connectivity index (χ0) is 21.3. The molecule has 0 radical (unpaired) electrons. The molecule has 0 atom stereocenters. The Bertz CT molecular complexity index is 1210. The van der Waals surface area contributed by atoms with Crippen molar-refractivity contribution in [3.05, 3.63) is 93.3 Å². The van der Waals surface area contributed by atoms with Crippen molar-refractivity contribution in [3.63, 3.8) is 0 Å². The van der Waals surface area contributed by atoms with E-state index in [1.807, 2.05) is 32.0 Å². The molecule has 0 N–H and O–H groups in total. The number of pyridine rings is 1. The molecule has 0 saturated carbocycles. The molecule has 4 aromatic rings. The fraction of sp³-hybridized carbons (Fsp3) is 0.136. The summed E-state index contributed by atoms with van der Waals surface area (Å²) in [5.74, 6) is -0.473. The molecule has 0 unspecified atom stereocenters. The smallest absolute Gasteiger partial charge is 0.279 e. The van der Waals surface area contributed by atoms with Crippen molar-refractivity contribution >= 4 is 38.3 Å². The number of aryl methyl sites for hydroxylation is 2. The number of aromatic nitrogens is 2. The summed E-state index contributed by atoms with van der Waals surface area (Å²) in [6.07, 6.45) is 3.32. The maximum atomic E-state index is 13.5. The first kappa shape index (κ1) is 19.7. The summed E-state index contributed by atoms with van der Waals surface area (Å²) in [7, 11) is 0. The second-order valence-corrected chi connectivity index (χ2v) is 7.94. The molecule has 8 heteroatoms. The van der Waals surface area contributed by atoms with Gasteiger partial charge < -0.3 is 0 Å². The first-order valence-corrected chi connectivity index (χ1v) is 10.1. The number of benzene rings is 2. The Labute approximate surface area is 176 Å². The number of nitro groups is 1. The van der Waals surface area contributed by atoms with Crippen molar-refractivity contribution in [2.24, 2.45) is 0 Å². The number of hydrogen-bond acceptors (Lipinski definition) is 6. The van der Waals surface area contributed by atoms with Gasteiger partial charge in [-0.1, -0.05) is 29.5 Å². The van der Waals surface area contributed by atoms with Gasteiger partial charge in [0.15, 0.2) is 5.13 Å². The highest BCUT2D eigenvalue weighted by molar-refractivity contribution is 7.22. The summed E-state index contributed by atoms with van der Waals surface area (Å²) in [4.78, 5) is 34.6. The molecule has 0 aliphatic rings. The predicted molar refractivity (Wildman–Crippen MR) is 117 cm³/mol. The highest BCUT2D eigenvalue weighted by atomic mass is 32.1. The molecule has 4 rings (SSSR count). The zero-order valence-electron chi connectivity index (χ0n) is 16.4. The monoisotopic (exact) mass is 418 g/mol. The Morgan fingerprint density at radius 1 is 1.13 bits per heavy atom. The van der Waals surface area contributed by atoms with Crippen LogP contribution in [0.1, 0.15) is 27.0 Å². The summed E-state index contributed by atoms with van der Waals surface area (Å²) in [6.45, 7) is 4.25. The molecule has 7 nitrogen and oxygen atoms in total. The largest absolute Gasteiger partial charge is 0.282 e. The standard InChI is InChI=1S/C22H18N4O3S/c1-14-10-18-20(11-15(14)2)30-22(24-18)25(13-16-6-5-9-23-12-16)21(27)17-7-3-4-8-19(17)26(28)29/h3-12H,13H2,1-2H3. The van der Waals surface area contributed by atoms with Gasteiger partial charge in [-0.2, -0.15) is 0 Å². The van der Waals surface area contributed by atoms with Crippen molar-refractivity contribution in [3.8, 4) is 0 Å². The van der Waals surface area contributed by atoms with Gasteiger partial charge in [0.2, 0.25) is 0 Å². The molecular formula is C22H18N4O3S. The summed E-state index contributed by atoms with van der Waals surface area (Å²) in [5.41, 5.74) is 3.65. The fourth-order valence-electron chi connectivity index (χ4n) is 3.14. The lowest BCUT2D eigenvalue weighted by molar-refractivity contribution is -0.385. The van der Waals surface area contributed by atoms with Crippen LogP contribution in [0.3, 0.4) is 0 Å². The van der Waals surface area contributed by atoms with E-state index < -0.39 is 10.8 Å². The van der Waals surface area contributed by atoms with Crippen molar-refractivity contribution in [1.29, 1.82) is 0 Å². The van der Waals surface area contributed by atoms with Crippen LogP contribution in [0.5, 0.6) is 0 Å². The van der Waals surface area contributed by atoms with Crippen LogP contribution in [0.25, 0.3) is 10.2 Å². The third-order valence-corrected chi connectivity index (χ3v) is 5.90. The molecule has 1 amide bonds. The number of carbonyl (C=O) groups is 1. The lowest BCUT2D eigenvalue weighted by atomic mass is 10.1. The minimum atomic E-state index is -0.541. The number of hydrogen-bond donors (Lipinski definition) is 0. The van der Waals surface area contributed by atoms with Crippen LogP contribution >= 0.6 is 11.3 Å². The van der Waals surface area contributed by atoms with E-state index in [9.17, 15) is 14.9 Å². The van der Waals surface area contributed by atoms with E-state index in [0.717, 1.165) is 26.9 Å². The average molecular weight is 418 g/mol. The molecule has 0 aliphatic heterocycles. The molecule has 2 aromatic heterocycles. The van der Waals surface area contributed by atoms with E-state index in [1.165, 1.54) is 28.4 Å². The molecule has 0 aliphatic carbocycles. The molecule has 0 bridgehead atoms. The first-order valence-electron chi connectivity index (χ1n) is 9.26. The highest BCUT2D eigenvalue weighted by Crippen LogP contribution is 2.33. The minimum Gasteiger partial charge on any atom is -0.279 e. The summed E-state index contributed by atoms with van der Waals surface area (Å²) in [5, 5.41) is 12.0. The van der Waals surface area contributed by atoms with Crippen LogP contribution in [0.15, 0.2) is 60.9 Å². The van der Waals surface area contributed by atoms with Crippen LogP contribution < -0.4 is 4.90 Å². The van der Waals surface area contributed by atoms with Crippen LogP contribution in [-0.2, 0) is 6.54 Å². The van der Waals surface area contributed by atoms with E-state index in [0.29, 0.717) is 5.13 Å². The van der Waals surface area contributed by atoms with Gasteiger partial charge in [0, 0.05) is 18.5 Å². The third-order valence-electron chi connectivity index (χ3n) is 4.86. The van der Waals surface area contributed by atoms with Gasteiger partial charge in [-0.25, -0.2) is 4.98 Å². The average Bonchev–Trinajstić information content (AvgIpc) is 3.14. The first-order chi connectivity index (χ1) is 14.4. The Morgan fingerprint density at radius 3 is 2.63 bits per heavy atom. The van der Waals surface area contributed by atoms with E-state index >= 15 is 0 Å². The number of fused-ring (bicyclic) bond motifs is 1. The highest BCUT2D eigenvalue weighted by Gasteiger charge is 2.27. The molecule has 0 fully saturated rings. The number of nitrogens with zero attached hydrogens (tertiary/aromatic N) is 4. The van der Waals surface area contributed by atoms with Gasteiger partial charge in [0.25, 0.3) is 11.6 Å².